The van der Waals surface area contributed by atoms with Crippen LogP contribution in [0.3, 0.4) is 0 Å². The summed E-state index contributed by atoms with van der Waals surface area (Å²) in [4.78, 5) is 9.15. The first-order valence-corrected chi connectivity index (χ1v) is 8.97. The van der Waals surface area contributed by atoms with Crippen molar-refractivity contribution in [3.8, 4) is 0 Å². The number of thioether (sulfide) groups is 1. The van der Waals surface area contributed by atoms with Crippen molar-refractivity contribution >= 4 is 28.6 Å². The van der Waals surface area contributed by atoms with Crippen LogP contribution in [-0.2, 0) is 0 Å². The van der Waals surface area contributed by atoms with Gasteiger partial charge in [-0.05, 0) is 25.0 Å². The van der Waals surface area contributed by atoms with Crippen LogP contribution in [0.25, 0.3) is 11.0 Å². The molecule has 2 N–H and O–H groups in total. The van der Waals surface area contributed by atoms with Crippen LogP contribution in [0.15, 0.2) is 5.16 Å². The number of H-pyrrole nitrogens is 1. The molecule has 0 aliphatic heterocycles. The Kier molecular flexibility index (Phi) is 5.85. The Bertz CT molecular complexity index is 581. The minimum Gasteiger partial charge on any atom is -0.369 e. The van der Waals surface area contributed by atoms with Gasteiger partial charge >= 0.3 is 0 Å². The molecule has 5 nitrogen and oxygen atoms in total. The number of hydrogen-bond donors (Lipinski definition) is 2. The summed E-state index contributed by atoms with van der Waals surface area (Å²) < 4.78 is 0. The fraction of sp³-hybridized carbons (Fsp3) is 0.667. The first kappa shape index (κ1) is 16.1. The Balaban J connectivity index is 2.42. The van der Waals surface area contributed by atoms with Crippen molar-refractivity contribution in [2.75, 3.05) is 18.1 Å². The molecule has 2 rings (SSSR count). The number of unbranched alkanes of at least 4 members (excludes halogenated alkanes) is 1. The van der Waals surface area contributed by atoms with Crippen molar-refractivity contribution in [3.63, 3.8) is 0 Å². The van der Waals surface area contributed by atoms with E-state index in [1.165, 1.54) is 12.8 Å². The molecular weight excluding hydrogens is 282 g/mol. The zero-order valence-electron chi connectivity index (χ0n) is 13.4. The Labute approximate surface area is 130 Å². The predicted octanol–water partition coefficient (Wildman–Crippen LogP) is 4.19. The SMILES string of the molecule is CCCCC(C)c1[nH]nc2nc(SC)nc(NCCC)c12. The number of aromatic amines is 1. The van der Waals surface area contributed by atoms with Gasteiger partial charge in [0.05, 0.1) is 11.1 Å². The highest BCUT2D eigenvalue weighted by atomic mass is 32.2. The van der Waals surface area contributed by atoms with E-state index in [0.29, 0.717) is 5.92 Å². The first-order valence-electron chi connectivity index (χ1n) is 7.75. The van der Waals surface area contributed by atoms with Crippen molar-refractivity contribution in [2.45, 2.75) is 57.5 Å². The molecule has 0 fully saturated rings. The Hall–Kier alpha value is -1.30. The van der Waals surface area contributed by atoms with Crippen LogP contribution < -0.4 is 5.32 Å². The largest absolute Gasteiger partial charge is 0.369 e. The Morgan fingerprint density at radius 1 is 1.24 bits per heavy atom. The third-order valence-corrected chi connectivity index (χ3v) is 4.18. The fourth-order valence-electron chi connectivity index (χ4n) is 2.40. The zero-order chi connectivity index (χ0) is 15.2. The van der Waals surface area contributed by atoms with Crippen LogP contribution in [0.2, 0.25) is 0 Å². The van der Waals surface area contributed by atoms with Crippen LogP contribution in [0.5, 0.6) is 0 Å². The highest BCUT2D eigenvalue weighted by Gasteiger charge is 2.18. The number of nitrogens with one attached hydrogen (secondary N) is 2. The summed E-state index contributed by atoms with van der Waals surface area (Å²) in [5.74, 6) is 1.36. The minimum absolute atomic E-state index is 0.445. The van der Waals surface area contributed by atoms with Crippen LogP contribution >= 0.6 is 11.8 Å². The molecule has 6 heteroatoms. The molecule has 0 aliphatic rings. The van der Waals surface area contributed by atoms with Crippen LogP contribution in [0.1, 0.15) is 58.1 Å². The predicted molar refractivity (Wildman–Crippen MR) is 90.2 cm³/mol. The lowest BCUT2D eigenvalue weighted by atomic mass is 9.99. The molecule has 2 heterocycles. The van der Waals surface area contributed by atoms with E-state index in [9.17, 15) is 0 Å². The number of nitrogens with zero attached hydrogens (tertiary/aromatic N) is 3. The summed E-state index contributed by atoms with van der Waals surface area (Å²) in [6.07, 6.45) is 6.65. The van der Waals surface area contributed by atoms with Gasteiger partial charge in [-0.2, -0.15) is 5.10 Å². The lowest BCUT2D eigenvalue weighted by Crippen LogP contribution is -2.05. The second-order valence-electron chi connectivity index (χ2n) is 5.36. The summed E-state index contributed by atoms with van der Waals surface area (Å²) in [5.41, 5.74) is 1.93. The van der Waals surface area contributed by atoms with Gasteiger partial charge in [0.15, 0.2) is 10.8 Å². The van der Waals surface area contributed by atoms with Gasteiger partial charge in [0, 0.05) is 6.54 Å². The number of rotatable bonds is 8. The van der Waals surface area contributed by atoms with Gasteiger partial charge in [-0.15, -0.1) is 0 Å². The average Bonchev–Trinajstić information content (AvgIpc) is 2.94. The van der Waals surface area contributed by atoms with Gasteiger partial charge in [0.1, 0.15) is 5.82 Å². The number of fused-ring (bicyclic) bond motifs is 1. The zero-order valence-corrected chi connectivity index (χ0v) is 14.2. The van der Waals surface area contributed by atoms with Crippen LogP contribution in [-0.4, -0.2) is 33.0 Å². The second-order valence-corrected chi connectivity index (χ2v) is 6.14. The van der Waals surface area contributed by atoms with Crippen molar-refractivity contribution in [1.82, 2.24) is 20.2 Å². The van der Waals surface area contributed by atoms with E-state index in [1.807, 2.05) is 6.26 Å². The normalized spacial score (nSPS) is 12.8. The van der Waals surface area contributed by atoms with E-state index in [1.54, 1.807) is 11.8 Å². The molecule has 1 unspecified atom stereocenters. The van der Waals surface area contributed by atoms with Crippen molar-refractivity contribution in [2.24, 2.45) is 0 Å². The van der Waals surface area contributed by atoms with Gasteiger partial charge in [-0.1, -0.05) is 45.4 Å². The van der Waals surface area contributed by atoms with Crippen LogP contribution in [0.4, 0.5) is 5.82 Å². The standard InChI is InChI=1S/C15H25N5S/c1-5-7-8-10(3)12-11-13(16-9-6-2)17-15(21-4)18-14(11)20-19-12/h10H,5-9H2,1-4H3,(H2,16,17,18,19,20). The smallest absolute Gasteiger partial charge is 0.191 e. The second kappa shape index (κ2) is 7.64. The molecule has 0 radical (unpaired) electrons. The summed E-state index contributed by atoms with van der Waals surface area (Å²) in [6.45, 7) is 7.53. The molecule has 0 amide bonds. The summed E-state index contributed by atoms with van der Waals surface area (Å²) in [7, 11) is 0. The summed E-state index contributed by atoms with van der Waals surface area (Å²) >= 11 is 1.55. The van der Waals surface area contributed by atoms with E-state index >= 15 is 0 Å². The lowest BCUT2D eigenvalue weighted by Gasteiger charge is -2.12. The molecular formula is C15H25N5S. The molecule has 2 aromatic rings. The van der Waals surface area contributed by atoms with Gasteiger partial charge in [-0.3, -0.25) is 5.10 Å². The molecule has 2 aromatic heterocycles. The number of anilines is 1. The van der Waals surface area contributed by atoms with E-state index in [-0.39, 0.29) is 0 Å². The molecule has 0 spiro atoms. The Morgan fingerprint density at radius 2 is 2.05 bits per heavy atom. The summed E-state index contributed by atoms with van der Waals surface area (Å²) in [5, 5.41) is 12.8. The van der Waals surface area contributed by atoms with Gasteiger partial charge in [-0.25, -0.2) is 9.97 Å². The maximum absolute atomic E-state index is 4.63. The highest BCUT2D eigenvalue weighted by Crippen LogP contribution is 2.31. The monoisotopic (exact) mass is 307 g/mol. The molecule has 116 valence electrons. The van der Waals surface area contributed by atoms with Crippen LogP contribution in [0, 0.1) is 0 Å². The topological polar surface area (TPSA) is 66.5 Å². The molecule has 1 atom stereocenters. The highest BCUT2D eigenvalue weighted by molar-refractivity contribution is 7.98. The molecule has 0 bridgehead atoms. The molecule has 0 saturated heterocycles. The van der Waals surface area contributed by atoms with E-state index < -0.39 is 0 Å². The van der Waals surface area contributed by atoms with Crippen molar-refractivity contribution < 1.29 is 0 Å². The maximum atomic E-state index is 4.63. The van der Waals surface area contributed by atoms with E-state index in [0.717, 1.165) is 47.1 Å². The van der Waals surface area contributed by atoms with Gasteiger partial charge in [0.2, 0.25) is 0 Å². The quantitative estimate of drug-likeness (QED) is 0.565. The number of aromatic nitrogens is 4. The third kappa shape index (κ3) is 3.67. The van der Waals surface area contributed by atoms with E-state index in [2.05, 4.69) is 46.3 Å². The molecule has 0 aromatic carbocycles. The fourth-order valence-corrected chi connectivity index (χ4v) is 2.76. The van der Waals surface area contributed by atoms with Crippen molar-refractivity contribution in [1.29, 1.82) is 0 Å². The molecule has 0 aliphatic carbocycles. The summed E-state index contributed by atoms with van der Waals surface area (Å²) in [6, 6.07) is 0. The Morgan fingerprint density at radius 3 is 2.71 bits per heavy atom. The molecule has 0 saturated carbocycles. The third-order valence-electron chi connectivity index (χ3n) is 3.63. The van der Waals surface area contributed by atoms with Crippen molar-refractivity contribution in [3.05, 3.63) is 5.69 Å². The average molecular weight is 307 g/mol. The molecule has 21 heavy (non-hydrogen) atoms. The lowest BCUT2D eigenvalue weighted by molar-refractivity contribution is 0.612. The minimum atomic E-state index is 0.445. The number of hydrogen-bond acceptors (Lipinski definition) is 5. The van der Waals surface area contributed by atoms with E-state index in [4.69, 9.17) is 0 Å². The van der Waals surface area contributed by atoms with Gasteiger partial charge < -0.3 is 5.32 Å². The van der Waals surface area contributed by atoms with Gasteiger partial charge in [0.25, 0.3) is 0 Å². The first-order chi connectivity index (χ1) is 10.2. The maximum Gasteiger partial charge on any atom is 0.191 e.